The van der Waals surface area contributed by atoms with Crippen molar-refractivity contribution in [2.75, 3.05) is 13.1 Å². The minimum absolute atomic E-state index is 0.0625. The molecule has 1 unspecified atom stereocenters. The third kappa shape index (κ3) is 4.06. The Balaban J connectivity index is 1.75. The first-order chi connectivity index (χ1) is 12.1. The van der Waals surface area contributed by atoms with Crippen molar-refractivity contribution in [3.63, 3.8) is 0 Å². The van der Waals surface area contributed by atoms with E-state index >= 15 is 0 Å². The molecule has 1 aliphatic heterocycles. The second-order valence-corrected chi connectivity index (χ2v) is 6.58. The summed E-state index contributed by atoms with van der Waals surface area (Å²) in [5.41, 5.74) is 0.0625. The van der Waals surface area contributed by atoms with Crippen LogP contribution in [-0.4, -0.2) is 33.4 Å². The highest BCUT2D eigenvalue weighted by Crippen LogP contribution is 2.27. The monoisotopic (exact) mass is 347 g/mol. The van der Waals surface area contributed by atoms with E-state index in [0.29, 0.717) is 13.1 Å². The van der Waals surface area contributed by atoms with Crippen LogP contribution in [0, 0.1) is 11.6 Å². The Labute approximate surface area is 146 Å². The van der Waals surface area contributed by atoms with Gasteiger partial charge in [0.1, 0.15) is 17.5 Å². The zero-order valence-corrected chi connectivity index (χ0v) is 14.4. The fraction of sp³-hybridized carbons (Fsp3) is 0.474. The lowest BCUT2D eigenvalue weighted by Crippen LogP contribution is -2.39. The number of benzene rings is 1. The number of halogens is 2. The number of carbonyl (C=O) groups excluding carboxylic acids is 1. The highest BCUT2D eigenvalue weighted by Gasteiger charge is 2.28. The largest absolute Gasteiger partial charge is 0.338 e. The maximum Gasteiger partial charge on any atom is 0.254 e. The molecule has 1 aromatic heterocycles. The van der Waals surface area contributed by atoms with Gasteiger partial charge in [0.15, 0.2) is 0 Å². The van der Waals surface area contributed by atoms with Crippen molar-refractivity contribution in [3.05, 3.63) is 53.6 Å². The molecule has 4 nitrogen and oxygen atoms in total. The number of likely N-dealkylation sites (tertiary alicyclic amines) is 1. The van der Waals surface area contributed by atoms with Gasteiger partial charge in [0.05, 0.1) is 0 Å². The van der Waals surface area contributed by atoms with Crippen molar-refractivity contribution in [1.29, 1.82) is 0 Å². The van der Waals surface area contributed by atoms with Gasteiger partial charge in [-0.2, -0.15) is 0 Å². The third-order valence-corrected chi connectivity index (χ3v) is 4.68. The maximum atomic E-state index is 13.4. The van der Waals surface area contributed by atoms with Gasteiger partial charge >= 0.3 is 0 Å². The molecule has 1 aliphatic rings. The van der Waals surface area contributed by atoms with Crippen LogP contribution in [0.5, 0.6) is 0 Å². The van der Waals surface area contributed by atoms with Crippen molar-refractivity contribution < 1.29 is 13.6 Å². The predicted molar refractivity (Wildman–Crippen MR) is 91.4 cm³/mol. The van der Waals surface area contributed by atoms with Gasteiger partial charge in [-0.3, -0.25) is 4.79 Å². The molecule has 134 valence electrons. The standard InChI is InChI=1S/C19H23F2N3O/c1-2-3-7-23-9-6-22-18(23)14-5-4-8-24(13-14)19(25)15-10-16(20)12-17(21)11-15/h6,9-12,14H,2-5,7-8,13H2,1H3. The normalized spacial score (nSPS) is 17.7. The van der Waals surface area contributed by atoms with Crippen molar-refractivity contribution in [3.8, 4) is 0 Å². The number of piperidine rings is 1. The van der Waals surface area contributed by atoms with E-state index in [9.17, 15) is 13.6 Å². The summed E-state index contributed by atoms with van der Waals surface area (Å²) < 4.78 is 29.0. The molecule has 0 bridgehead atoms. The van der Waals surface area contributed by atoms with Gasteiger partial charge in [-0.05, 0) is 31.4 Å². The first-order valence-electron chi connectivity index (χ1n) is 8.85. The van der Waals surface area contributed by atoms with Gasteiger partial charge in [0.2, 0.25) is 0 Å². The van der Waals surface area contributed by atoms with Crippen molar-refractivity contribution >= 4 is 5.91 Å². The van der Waals surface area contributed by atoms with E-state index in [0.717, 1.165) is 56.3 Å². The molecule has 1 aromatic carbocycles. The Hall–Kier alpha value is -2.24. The van der Waals surface area contributed by atoms with E-state index in [-0.39, 0.29) is 17.4 Å². The summed E-state index contributed by atoms with van der Waals surface area (Å²) in [5, 5.41) is 0. The van der Waals surface area contributed by atoms with Crippen LogP contribution in [0.15, 0.2) is 30.6 Å². The molecule has 2 heterocycles. The minimum Gasteiger partial charge on any atom is -0.338 e. The van der Waals surface area contributed by atoms with Crippen LogP contribution in [0.4, 0.5) is 8.78 Å². The second-order valence-electron chi connectivity index (χ2n) is 6.58. The molecule has 0 radical (unpaired) electrons. The van der Waals surface area contributed by atoms with Crippen LogP contribution in [0.1, 0.15) is 54.7 Å². The van der Waals surface area contributed by atoms with Crippen molar-refractivity contribution in [1.82, 2.24) is 14.5 Å². The molecule has 6 heteroatoms. The molecule has 1 saturated heterocycles. The zero-order valence-electron chi connectivity index (χ0n) is 14.4. The summed E-state index contributed by atoms with van der Waals surface area (Å²) in [7, 11) is 0. The van der Waals surface area contributed by atoms with Crippen molar-refractivity contribution in [2.24, 2.45) is 0 Å². The lowest BCUT2D eigenvalue weighted by Gasteiger charge is -2.32. The van der Waals surface area contributed by atoms with E-state index in [4.69, 9.17) is 0 Å². The number of carbonyl (C=O) groups is 1. The Morgan fingerprint density at radius 2 is 2.04 bits per heavy atom. The van der Waals surface area contributed by atoms with Gasteiger partial charge in [-0.1, -0.05) is 13.3 Å². The molecule has 2 aromatic rings. The highest BCUT2D eigenvalue weighted by molar-refractivity contribution is 5.94. The lowest BCUT2D eigenvalue weighted by molar-refractivity contribution is 0.0702. The maximum absolute atomic E-state index is 13.4. The summed E-state index contributed by atoms with van der Waals surface area (Å²) in [6, 6.07) is 2.97. The quantitative estimate of drug-likeness (QED) is 0.820. The van der Waals surface area contributed by atoms with Crippen LogP contribution >= 0.6 is 0 Å². The van der Waals surface area contributed by atoms with Gasteiger partial charge in [-0.25, -0.2) is 13.8 Å². The molecule has 25 heavy (non-hydrogen) atoms. The summed E-state index contributed by atoms with van der Waals surface area (Å²) >= 11 is 0. The third-order valence-electron chi connectivity index (χ3n) is 4.68. The number of nitrogens with zero attached hydrogens (tertiary/aromatic N) is 3. The van der Waals surface area contributed by atoms with Crippen LogP contribution in [0.25, 0.3) is 0 Å². The molecular weight excluding hydrogens is 324 g/mol. The first kappa shape index (κ1) is 17.6. The number of rotatable bonds is 5. The Kier molecular flexibility index (Phi) is 5.46. The molecule has 0 saturated carbocycles. The van der Waals surface area contributed by atoms with E-state index in [1.807, 2.05) is 6.20 Å². The zero-order chi connectivity index (χ0) is 17.8. The minimum atomic E-state index is -0.730. The first-order valence-corrected chi connectivity index (χ1v) is 8.85. The number of hydrogen-bond acceptors (Lipinski definition) is 2. The van der Waals surface area contributed by atoms with E-state index in [1.54, 1.807) is 11.1 Å². The summed E-state index contributed by atoms with van der Waals surface area (Å²) in [5.74, 6) is -0.631. The molecule has 1 fully saturated rings. The predicted octanol–water partition coefficient (Wildman–Crippen LogP) is 3.98. The fourth-order valence-corrected chi connectivity index (χ4v) is 3.43. The molecule has 0 spiro atoms. The molecule has 3 rings (SSSR count). The Morgan fingerprint density at radius 1 is 1.28 bits per heavy atom. The van der Waals surface area contributed by atoms with Gasteiger partial charge in [0.25, 0.3) is 5.91 Å². The second kappa shape index (κ2) is 7.76. The number of amides is 1. The topological polar surface area (TPSA) is 38.1 Å². The Morgan fingerprint density at radius 3 is 2.76 bits per heavy atom. The average Bonchev–Trinajstić information content (AvgIpc) is 3.07. The van der Waals surface area contributed by atoms with Crippen LogP contribution in [-0.2, 0) is 6.54 Å². The van der Waals surface area contributed by atoms with Gasteiger partial charge in [0, 0.05) is 49.6 Å². The van der Waals surface area contributed by atoms with Gasteiger partial charge < -0.3 is 9.47 Å². The van der Waals surface area contributed by atoms with E-state index < -0.39 is 11.6 Å². The number of hydrogen-bond donors (Lipinski definition) is 0. The number of unbranched alkanes of at least 4 members (excludes halogenated alkanes) is 1. The molecule has 0 N–H and O–H groups in total. The smallest absolute Gasteiger partial charge is 0.254 e. The van der Waals surface area contributed by atoms with Crippen LogP contribution in [0.2, 0.25) is 0 Å². The molecular formula is C19H23F2N3O. The lowest BCUT2D eigenvalue weighted by atomic mass is 9.96. The molecule has 0 aliphatic carbocycles. The Bertz CT molecular complexity index is 724. The van der Waals surface area contributed by atoms with Crippen LogP contribution < -0.4 is 0 Å². The van der Waals surface area contributed by atoms with E-state index in [1.165, 1.54) is 0 Å². The van der Waals surface area contributed by atoms with Crippen molar-refractivity contribution in [2.45, 2.75) is 45.1 Å². The number of aryl methyl sites for hydroxylation is 1. The summed E-state index contributed by atoms with van der Waals surface area (Å²) in [6.07, 6.45) is 7.79. The molecule has 1 atom stereocenters. The summed E-state index contributed by atoms with van der Waals surface area (Å²) in [6.45, 7) is 4.20. The number of aromatic nitrogens is 2. The summed E-state index contributed by atoms with van der Waals surface area (Å²) in [4.78, 5) is 18.8. The molecule has 1 amide bonds. The van der Waals surface area contributed by atoms with Crippen LogP contribution in [0.3, 0.4) is 0 Å². The van der Waals surface area contributed by atoms with E-state index in [2.05, 4.69) is 16.5 Å². The number of imidazole rings is 1. The SMILES string of the molecule is CCCCn1ccnc1C1CCCN(C(=O)c2cc(F)cc(F)c2)C1. The average molecular weight is 347 g/mol. The fourth-order valence-electron chi connectivity index (χ4n) is 3.43. The highest BCUT2D eigenvalue weighted by atomic mass is 19.1. The van der Waals surface area contributed by atoms with Gasteiger partial charge in [-0.15, -0.1) is 0 Å².